The van der Waals surface area contributed by atoms with Crippen LogP contribution in [-0.2, 0) is 4.79 Å². The van der Waals surface area contributed by atoms with Gasteiger partial charge in [0.25, 0.3) is 0 Å². The third-order valence-electron chi connectivity index (χ3n) is 2.81. The summed E-state index contributed by atoms with van der Waals surface area (Å²) in [6.07, 6.45) is -4.74. The van der Waals surface area contributed by atoms with Gasteiger partial charge in [-0.2, -0.15) is 13.2 Å². The molecule has 4 nitrogen and oxygen atoms in total. The number of alkyl halides is 3. The summed E-state index contributed by atoms with van der Waals surface area (Å²) in [7, 11) is 0. The highest BCUT2D eigenvalue weighted by Crippen LogP contribution is 2.29. The van der Waals surface area contributed by atoms with Gasteiger partial charge in [0, 0.05) is 32.1 Å². The maximum atomic E-state index is 12.3. The quantitative estimate of drug-likeness (QED) is 0.787. The van der Waals surface area contributed by atoms with E-state index in [1.807, 2.05) is 0 Å². The summed E-state index contributed by atoms with van der Waals surface area (Å²) in [5.41, 5.74) is 5.68. The number of likely N-dealkylation sites (tertiary alicyclic amines) is 1. The molecule has 3 N–H and O–H groups in total. The number of carboxylic acid groups (broad SMARTS) is 1. The van der Waals surface area contributed by atoms with Crippen molar-refractivity contribution in [3.63, 3.8) is 0 Å². The molecule has 1 aliphatic heterocycles. The first-order chi connectivity index (χ1) is 7.76. The molecular formula is C10H17F3N2O2. The fraction of sp³-hybridized carbons (Fsp3) is 0.900. The fourth-order valence-corrected chi connectivity index (χ4v) is 2.26. The first kappa shape index (κ1) is 14.2. The van der Waals surface area contributed by atoms with Gasteiger partial charge in [0.05, 0.1) is 6.42 Å². The Kier molecular flexibility index (Phi) is 4.76. The molecule has 0 radical (unpaired) electrons. The number of hydrogen-bond donors (Lipinski definition) is 2. The van der Waals surface area contributed by atoms with Gasteiger partial charge in [-0.15, -0.1) is 0 Å². The lowest BCUT2D eigenvalue weighted by Crippen LogP contribution is -2.48. The van der Waals surface area contributed by atoms with Crippen LogP contribution in [0.25, 0.3) is 0 Å². The highest BCUT2D eigenvalue weighted by molar-refractivity contribution is 5.66. The first-order valence-electron chi connectivity index (χ1n) is 5.53. The van der Waals surface area contributed by atoms with Gasteiger partial charge in [0.15, 0.2) is 0 Å². The molecule has 1 aliphatic rings. The van der Waals surface area contributed by atoms with Gasteiger partial charge in [-0.1, -0.05) is 0 Å². The first-order valence-corrected chi connectivity index (χ1v) is 5.53. The summed E-state index contributed by atoms with van der Waals surface area (Å²) in [6, 6.07) is -0.301. The van der Waals surface area contributed by atoms with Gasteiger partial charge in [0.1, 0.15) is 0 Å². The Morgan fingerprint density at radius 2 is 2.06 bits per heavy atom. The predicted octanol–water partition coefficient (Wildman–Crippen LogP) is 1.06. The molecule has 0 spiro atoms. The van der Waals surface area contributed by atoms with Crippen molar-refractivity contribution in [2.75, 3.05) is 19.6 Å². The number of halogens is 3. The Labute approximate surface area is 97.6 Å². The number of aliphatic carboxylic acids is 1. The van der Waals surface area contributed by atoms with Crippen LogP contribution in [0.3, 0.4) is 0 Å². The largest absolute Gasteiger partial charge is 0.481 e. The van der Waals surface area contributed by atoms with Gasteiger partial charge >= 0.3 is 12.1 Å². The van der Waals surface area contributed by atoms with Crippen LogP contribution >= 0.6 is 0 Å². The maximum Gasteiger partial charge on any atom is 0.389 e. The zero-order chi connectivity index (χ0) is 13.1. The minimum atomic E-state index is -4.18. The Hall–Kier alpha value is -0.820. The van der Waals surface area contributed by atoms with E-state index < -0.39 is 24.5 Å². The lowest BCUT2D eigenvalue weighted by atomic mass is 9.91. The van der Waals surface area contributed by atoms with Crippen LogP contribution in [-0.4, -0.2) is 47.8 Å². The van der Waals surface area contributed by atoms with Crippen LogP contribution in [0.15, 0.2) is 0 Å². The van der Waals surface area contributed by atoms with E-state index in [-0.39, 0.29) is 25.6 Å². The summed E-state index contributed by atoms with van der Waals surface area (Å²) >= 11 is 0. The molecule has 17 heavy (non-hydrogen) atoms. The Morgan fingerprint density at radius 1 is 1.41 bits per heavy atom. The van der Waals surface area contributed by atoms with E-state index in [0.29, 0.717) is 13.0 Å². The average Bonchev–Trinajstić information content (AvgIpc) is 2.10. The van der Waals surface area contributed by atoms with Crippen molar-refractivity contribution in [2.45, 2.75) is 31.5 Å². The van der Waals surface area contributed by atoms with Crippen molar-refractivity contribution in [3.05, 3.63) is 0 Å². The third-order valence-corrected chi connectivity index (χ3v) is 2.81. The Morgan fingerprint density at radius 3 is 2.59 bits per heavy atom. The smallest absolute Gasteiger partial charge is 0.389 e. The van der Waals surface area contributed by atoms with Crippen molar-refractivity contribution >= 4 is 5.97 Å². The molecule has 1 saturated heterocycles. The van der Waals surface area contributed by atoms with Gasteiger partial charge in [-0.05, 0) is 12.3 Å². The molecule has 0 aromatic carbocycles. The molecule has 2 unspecified atom stereocenters. The molecule has 7 heteroatoms. The van der Waals surface area contributed by atoms with Crippen molar-refractivity contribution in [1.29, 1.82) is 0 Å². The molecule has 1 fully saturated rings. The van der Waals surface area contributed by atoms with Crippen LogP contribution in [0.4, 0.5) is 13.2 Å². The summed E-state index contributed by atoms with van der Waals surface area (Å²) in [5, 5.41) is 8.52. The molecule has 0 aromatic rings. The molecule has 1 rings (SSSR count). The highest BCUT2D eigenvalue weighted by atomic mass is 19.4. The zero-order valence-corrected chi connectivity index (χ0v) is 9.41. The number of carbonyl (C=O) groups is 1. The van der Waals surface area contributed by atoms with E-state index in [2.05, 4.69) is 0 Å². The van der Waals surface area contributed by atoms with Gasteiger partial charge in [0.2, 0.25) is 0 Å². The monoisotopic (exact) mass is 254 g/mol. The number of nitrogens with zero attached hydrogens (tertiary/aromatic N) is 1. The topological polar surface area (TPSA) is 66.6 Å². The molecule has 0 bridgehead atoms. The molecule has 0 amide bonds. The number of hydrogen-bond acceptors (Lipinski definition) is 3. The zero-order valence-electron chi connectivity index (χ0n) is 9.41. The van der Waals surface area contributed by atoms with E-state index in [0.717, 1.165) is 0 Å². The minimum absolute atomic E-state index is 0.0640. The second-order valence-electron chi connectivity index (χ2n) is 4.58. The van der Waals surface area contributed by atoms with Crippen molar-refractivity contribution in [2.24, 2.45) is 11.7 Å². The van der Waals surface area contributed by atoms with Gasteiger partial charge in [-0.3, -0.25) is 4.79 Å². The van der Waals surface area contributed by atoms with Crippen molar-refractivity contribution < 1.29 is 23.1 Å². The predicted molar refractivity (Wildman–Crippen MR) is 55.4 cm³/mol. The summed E-state index contributed by atoms with van der Waals surface area (Å²) < 4.78 is 36.8. The van der Waals surface area contributed by atoms with Gasteiger partial charge < -0.3 is 15.7 Å². The van der Waals surface area contributed by atoms with Crippen LogP contribution < -0.4 is 5.73 Å². The summed E-state index contributed by atoms with van der Waals surface area (Å²) in [4.78, 5) is 12.1. The van der Waals surface area contributed by atoms with Crippen LogP contribution in [0.2, 0.25) is 0 Å². The number of nitrogens with two attached hydrogens (primary N) is 1. The third kappa shape index (κ3) is 5.88. The second kappa shape index (κ2) is 5.68. The average molecular weight is 254 g/mol. The number of carboxylic acids is 1. The van der Waals surface area contributed by atoms with Gasteiger partial charge in [-0.25, -0.2) is 0 Å². The molecule has 0 aliphatic carbocycles. The molecule has 0 aromatic heterocycles. The lowest BCUT2D eigenvalue weighted by molar-refractivity contribution is -0.149. The molecule has 100 valence electrons. The second-order valence-corrected chi connectivity index (χ2v) is 4.58. The normalized spacial score (nSPS) is 27.1. The van der Waals surface area contributed by atoms with Crippen molar-refractivity contribution in [1.82, 2.24) is 4.90 Å². The summed E-state index contributed by atoms with van der Waals surface area (Å²) in [6.45, 7) is 1.01. The van der Waals surface area contributed by atoms with Crippen LogP contribution in [0.1, 0.15) is 19.3 Å². The fourth-order valence-electron chi connectivity index (χ4n) is 2.26. The molecule has 1 heterocycles. The Bertz CT molecular complexity index is 271. The Balaban J connectivity index is 2.44. The van der Waals surface area contributed by atoms with E-state index in [9.17, 15) is 18.0 Å². The number of piperidine rings is 1. The number of rotatable bonds is 4. The molecule has 2 atom stereocenters. The summed E-state index contributed by atoms with van der Waals surface area (Å²) in [5.74, 6) is -1.47. The highest BCUT2D eigenvalue weighted by Gasteiger charge is 2.35. The molecule has 0 saturated carbocycles. The van der Waals surface area contributed by atoms with Crippen molar-refractivity contribution in [3.8, 4) is 0 Å². The minimum Gasteiger partial charge on any atom is -0.481 e. The van der Waals surface area contributed by atoms with E-state index in [1.165, 1.54) is 0 Å². The van der Waals surface area contributed by atoms with E-state index in [1.54, 1.807) is 4.90 Å². The SMILES string of the molecule is NC1CC(CC(F)(F)F)CN(CCC(=O)O)C1. The van der Waals surface area contributed by atoms with E-state index >= 15 is 0 Å². The van der Waals surface area contributed by atoms with Crippen LogP contribution in [0, 0.1) is 5.92 Å². The molecular weight excluding hydrogens is 237 g/mol. The van der Waals surface area contributed by atoms with E-state index in [4.69, 9.17) is 10.8 Å². The standard InChI is InChI=1S/C10H17F3N2O2/c11-10(12,13)4-7-3-8(14)6-15(5-7)2-1-9(16)17/h7-8H,1-6,14H2,(H,16,17). The maximum absolute atomic E-state index is 12.3. The lowest BCUT2D eigenvalue weighted by Gasteiger charge is -2.36. The van der Waals surface area contributed by atoms with Crippen LogP contribution in [0.5, 0.6) is 0 Å².